The molecule has 4 heteroatoms. The van der Waals surface area contributed by atoms with Crippen LogP contribution in [0.1, 0.15) is 43.6 Å². The number of rotatable bonds is 4. The lowest BCUT2D eigenvalue weighted by atomic mass is 9.95. The summed E-state index contributed by atoms with van der Waals surface area (Å²) in [6, 6.07) is 13.1. The second kappa shape index (κ2) is 7.04. The molecular weight excluding hydrogens is 310 g/mol. The third-order valence-corrected chi connectivity index (χ3v) is 5.06. The van der Waals surface area contributed by atoms with E-state index in [-0.39, 0.29) is 17.4 Å². The van der Waals surface area contributed by atoms with Gasteiger partial charge in [0, 0.05) is 44.0 Å². The van der Waals surface area contributed by atoms with Crippen molar-refractivity contribution < 1.29 is 4.79 Å². The lowest BCUT2D eigenvalue weighted by molar-refractivity contribution is -0.128. The minimum Gasteiger partial charge on any atom is -0.354 e. The van der Waals surface area contributed by atoms with Crippen LogP contribution in [0.15, 0.2) is 42.6 Å². The van der Waals surface area contributed by atoms with E-state index in [9.17, 15) is 4.79 Å². The van der Waals surface area contributed by atoms with E-state index in [4.69, 9.17) is 0 Å². The van der Waals surface area contributed by atoms with Crippen LogP contribution in [0.2, 0.25) is 0 Å². The zero-order valence-electron chi connectivity index (χ0n) is 15.7. The van der Waals surface area contributed by atoms with Gasteiger partial charge >= 0.3 is 0 Å². The Labute approximate surface area is 150 Å². The van der Waals surface area contributed by atoms with Gasteiger partial charge in [0.25, 0.3) is 0 Å². The second-order valence-electron chi connectivity index (χ2n) is 8.01. The number of nitrogens with one attached hydrogen (secondary N) is 1. The van der Waals surface area contributed by atoms with Crippen LogP contribution in [0.25, 0.3) is 0 Å². The van der Waals surface area contributed by atoms with Crippen molar-refractivity contribution in [1.29, 1.82) is 0 Å². The van der Waals surface area contributed by atoms with E-state index in [2.05, 4.69) is 64.4 Å². The molecule has 0 fully saturated rings. The zero-order chi connectivity index (χ0) is 18.0. The number of aryl methyl sites for hydroxylation is 1. The summed E-state index contributed by atoms with van der Waals surface area (Å²) >= 11 is 0. The molecule has 25 heavy (non-hydrogen) atoms. The largest absolute Gasteiger partial charge is 0.354 e. The van der Waals surface area contributed by atoms with E-state index in [1.54, 1.807) is 0 Å². The van der Waals surface area contributed by atoms with Gasteiger partial charge in [0.2, 0.25) is 5.91 Å². The Kier molecular flexibility index (Phi) is 5.00. The van der Waals surface area contributed by atoms with Gasteiger partial charge in [0.05, 0.1) is 6.04 Å². The van der Waals surface area contributed by atoms with Crippen LogP contribution in [-0.2, 0) is 24.8 Å². The predicted octanol–water partition coefficient (Wildman–Crippen LogP) is 3.29. The van der Waals surface area contributed by atoms with Crippen LogP contribution in [-0.4, -0.2) is 28.5 Å². The summed E-state index contributed by atoms with van der Waals surface area (Å²) in [7, 11) is 2.08. The zero-order valence-corrected chi connectivity index (χ0v) is 15.7. The highest BCUT2D eigenvalue weighted by atomic mass is 16.2. The molecule has 1 aromatic heterocycles. The van der Waals surface area contributed by atoms with Crippen molar-refractivity contribution in [3.05, 3.63) is 59.4 Å². The van der Waals surface area contributed by atoms with Gasteiger partial charge in [-0.1, -0.05) is 45.0 Å². The predicted molar refractivity (Wildman–Crippen MR) is 101 cm³/mol. The van der Waals surface area contributed by atoms with Crippen molar-refractivity contribution in [2.24, 2.45) is 12.5 Å². The fourth-order valence-corrected chi connectivity index (χ4v) is 3.48. The third-order valence-electron chi connectivity index (χ3n) is 5.06. The molecule has 0 radical (unpaired) electrons. The maximum atomic E-state index is 12.4. The highest BCUT2D eigenvalue weighted by Crippen LogP contribution is 2.28. The average molecular weight is 339 g/mol. The molecule has 0 aliphatic carbocycles. The van der Waals surface area contributed by atoms with Gasteiger partial charge in [0.1, 0.15) is 0 Å². The summed E-state index contributed by atoms with van der Waals surface area (Å²) in [5.74, 6) is 0.101. The fraction of sp³-hybridized carbons (Fsp3) is 0.476. The van der Waals surface area contributed by atoms with Gasteiger partial charge in [-0.25, -0.2) is 0 Å². The normalized spacial score (nSPS) is 16.3. The van der Waals surface area contributed by atoms with Crippen LogP contribution in [0.5, 0.6) is 0 Å². The number of hydrogen-bond acceptors (Lipinski definition) is 2. The van der Waals surface area contributed by atoms with Crippen LogP contribution >= 0.6 is 0 Å². The van der Waals surface area contributed by atoms with Gasteiger partial charge in [0.15, 0.2) is 0 Å². The molecule has 0 saturated heterocycles. The smallest absolute Gasteiger partial charge is 0.225 e. The Morgan fingerprint density at radius 1 is 1.16 bits per heavy atom. The first-order valence-corrected chi connectivity index (χ1v) is 9.06. The molecule has 0 bridgehead atoms. The molecule has 1 aromatic carbocycles. The van der Waals surface area contributed by atoms with Crippen LogP contribution in [0.3, 0.4) is 0 Å². The van der Waals surface area contributed by atoms with Crippen molar-refractivity contribution in [2.45, 2.75) is 39.8 Å². The molecule has 134 valence electrons. The number of carbonyl (C=O) groups is 1. The van der Waals surface area contributed by atoms with Crippen molar-refractivity contribution in [3.63, 3.8) is 0 Å². The van der Waals surface area contributed by atoms with E-state index in [1.165, 1.54) is 16.8 Å². The molecule has 1 atom stereocenters. The molecular formula is C21H29N3O. The lowest BCUT2D eigenvalue weighted by Gasteiger charge is -2.36. The number of aromatic nitrogens is 1. The second-order valence-corrected chi connectivity index (χ2v) is 8.01. The first-order valence-electron chi connectivity index (χ1n) is 9.06. The quantitative estimate of drug-likeness (QED) is 0.928. The number of benzene rings is 1. The van der Waals surface area contributed by atoms with E-state index in [0.29, 0.717) is 6.54 Å². The Morgan fingerprint density at radius 3 is 2.52 bits per heavy atom. The molecule has 1 amide bonds. The van der Waals surface area contributed by atoms with Gasteiger partial charge in [-0.15, -0.1) is 0 Å². The standard InChI is InChI=1S/C21H29N3O/c1-21(2,3)20(25)22-14-19(18-10-7-12-23(18)4)24-13-11-16-8-5-6-9-17(16)15-24/h5-10,12,19H,11,13-15H2,1-4H3,(H,22,25)/t19-/m0/s1. The van der Waals surface area contributed by atoms with Crippen molar-refractivity contribution in [2.75, 3.05) is 13.1 Å². The summed E-state index contributed by atoms with van der Waals surface area (Å²) in [6.45, 7) is 8.44. The minimum absolute atomic E-state index is 0.101. The van der Waals surface area contributed by atoms with Gasteiger partial charge in [-0.2, -0.15) is 0 Å². The SMILES string of the molecule is Cn1cccc1[C@H](CNC(=O)C(C)(C)C)N1CCc2ccccc2C1. The first kappa shape index (κ1) is 17.7. The monoisotopic (exact) mass is 339 g/mol. The van der Waals surface area contributed by atoms with Crippen LogP contribution < -0.4 is 5.32 Å². The average Bonchev–Trinajstić information content (AvgIpc) is 3.00. The highest BCUT2D eigenvalue weighted by molar-refractivity contribution is 5.81. The molecule has 1 aliphatic rings. The number of carbonyl (C=O) groups excluding carboxylic acids is 1. The summed E-state index contributed by atoms with van der Waals surface area (Å²) < 4.78 is 2.16. The first-order chi connectivity index (χ1) is 11.9. The molecule has 4 nitrogen and oxygen atoms in total. The van der Waals surface area contributed by atoms with Crippen molar-refractivity contribution >= 4 is 5.91 Å². The van der Waals surface area contributed by atoms with Crippen molar-refractivity contribution in [1.82, 2.24) is 14.8 Å². The molecule has 0 unspecified atom stereocenters. The number of fused-ring (bicyclic) bond motifs is 1. The minimum atomic E-state index is -0.368. The molecule has 1 N–H and O–H groups in total. The Morgan fingerprint density at radius 2 is 1.88 bits per heavy atom. The maximum absolute atomic E-state index is 12.4. The Hall–Kier alpha value is -2.07. The van der Waals surface area contributed by atoms with Gasteiger partial charge in [-0.3, -0.25) is 9.69 Å². The summed E-state index contributed by atoms with van der Waals surface area (Å²) in [5, 5.41) is 3.17. The summed E-state index contributed by atoms with van der Waals surface area (Å²) in [4.78, 5) is 14.9. The molecule has 1 aliphatic heterocycles. The topological polar surface area (TPSA) is 37.3 Å². The number of hydrogen-bond donors (Lipinski definition) is 1. The fourth-order valence-electron chi connectivity index (χ4n) is 3.48. The summed E-state index contributed by atoms with van der Waals surface area (Å²) in [5.41, 5.74) is 3.72. The number of nitrogens with zero attached hydrogens (tertiary/aromatic N) is 2. The molecule has 0 saturated carbocycles. The Bertz CT molecular complexity index is 742. The maximum Gasteiger partial charge on any atom is 0.225 e. The van der Waals surface area contributed by atoms with Gasteiger partial charge in [-0.05, 0) is 29.7 Å². The molecule has 3 rings (SSSR count). The van der Waals surface area contributed by atoms with Crippen molar-refractivity contribution in [3.8, 4) is 0 Å². The van der Waals surface area contributed by atoms with E-state index < -0.39 is 0 Å². The van der Waals surface area contributed by atoms with E-state index in [1.807, 2.05) is 20.8 Å². The molecule has 0 spiro atoms. The van der Waals surface area contributed by atoms with Gasteiger partial charge < -0.3 is 9.88 Å². The number of amides is 1. The van der Waals surface area contributed by atoms with E-state index >= 15 is 0 Å². The lowest BCUT2D eigenvalue weighted by Crippen LogP contribution is -2.44. The molecule has 2 heterocycles. The van der Waals surface area contributed by atoms with Crippen LogP contribution in [0.4, 0.5) is 0 Å². The molecule has 2 aromatic rings. The third kappa shape index (κ3) is 3.96. The Balaban J connectivity index is 1.80. The summed E-state index contributed by atoms with van der Waals surface area (Å²) in [6.07, 6.45) is 3.14. The van der Waals surface area contributed by atoms with E-state index in [0.717, 1.165) is 19.5 Å². The highest BCUT2D eigenvalue weighted by Gasteiger charge is 2.28. The van der Waals surface area contributed by atoms with Crippen LogP contribution in [0, 0.1) is 5.41 Å².